The number of benzene rings is 1. The van der Waals surface area contributed by atoms with Crippen molar-refractivity contribution in [2.75, 3.05) is 13.1 Å². The van der Waals surface area contributed by atoms with Crippen molar-refractivity contribution < 1.29 is 4.42 Å². The van der Waals surface area contributed by atoms with Gasteiger partial charge in [0.2, 0.25) is 0 Å². The normalized spacial score (nSPS) is 17.3. The van der Waals surface area contributed by atoms with Gasteiger partial charge in [0.25, 0.3) is 0 Å². The second kappa shape index (κ2) is 4.11. The molecule has 0 amide bonds. The summed E-state index contributed by atoms with van der Waals surface area (Å²) in [5, 5.41) is 1.87. The summed E-state index contributed by atoms with van der Waals surface area (Å²) in [4.78, 5) is 2.43. The zero-order valence-corrected chi connectivity index (χ0v) is 9.83. The molecule has 0 atom stereocenters. The molecule has 0 N–H and O–H groups in total. The molecular weight excluding hydrogens is 222 g/mol. The molecule has 16 heavy (non-hydrogen) atoms. The number of nitrogens with zero attached hydrogens (tertiary/aromatic N) is 1. The first-order chi connectivity index (χ1) is 7.81. The minimum absolute atomic E-state index is 0.731. The van der Waals surface area contributed by atoms with Gasteiger partial charge in [0, 0.05) is 16.5 Å². The minimum Gasteiger partial charge on any atom is -0.460 e. The van der Waals surface area contributed by atoms with Gasteiger partial charge in [-0.2, -0.15) is 0 Å². The highest BCUT2D eigenvalue weighted by Gasteiger charge is 2.14. The topological polar surface area (TPSA) is 16.4 Å². The van der Waals surface area contributed by atoms with Crippen molar-refractivity contribution in [2.45, 2.75) is 19.4 Å². The molecule has 0 bridgehead atoms. The van der Waals surface area contributed by atoms with E-state index < -0.39 is 0 Å². The Kier molecular flexibility index (Phi) is 2.62. The third kappa shape index (κ3) is 1.95. The Bertz CT molecular complexity index is 500. The van der Waals surface area contributed by atoms with Gasteiger partial charge in [-0.1, -0.05) is 11.6 Å². The van der Waals surface area contributed by atoms with E-state index in [4.69, 9.17) is 16.0 Å². The fourth-order valence-electron chi connectivity index (χ4n) is 2.30. The van der Waals surface area contributed by atoms with Crippen LogP contribution in [0.25, 0.3) is 11.0 Å². The van der Waals surface area contributed by atoms with Gasteiger partial charge in [-0.15, -0.1) is 0 Å². The molecule has 3 heteroatoms. The van der Waals surface area contributed by atoms with Crippen LogP contribution < -0.4 is 0 Å². The van der Waals surface area contributed by atoms with E-state index in [9.17, 15) is 0 Å². The minimum atomic E-state index is 0.731. The maximum absolute atomic E-state index is 5.93. The lowest BCUT2D eigenvalue weighted by atomic mass is 10.2. The summed E-state index contributed by atoms with van der Waals surface area (Å²) in [5.74, 6) is 1.04. The molecule has 1 aliphatic rings. The Morgan fingerprint density at radius 1 is 1.19 bits per heavy atom. The number of hydrogen-bond donors (Lipinski definition) is 0. The summed E-state index contributed by atoms with van der Waals surface area (Å²) >= 11 is 5.93. The molecule has 2 aromatic rings. The Morgan fingerprint density at radius 2 is 2.00 bits per heavy atom. The molecule has 0 spiro atoms. The number of fused-ring (bicyclic) bond motifs is 1. The van der Waals surface area contributed by atoms with Crippen molar-refractivity contribution in [2.24, 2.45) is 0 Å². The number of halogens is 1. The summed E-state index contributed by atoms with van der Waals surface area (Å²) in [5.41, 5.74) is 0.890. The van der Waals surface area contributed by atoms with Gasteiger partial charge in [0.15, 0.2) is 0 Å². The van der Waals surface area contributed by atoms with E-state index >= 15 is 0 Å². The second-order valence-electron chi connectivity index (χ2n) is 4.38. The lowest BCUT2D eigenvalue weighted by molar-refractivity contribution is 0.302. The largest absolute Gasteiger partial charge is 0.460 e. The van der Waals surface area contributed by atoms with Crippen LogP contribution in [0.3, 0.4) is 0 Å². The Balaban J connectivity index is 1.86. The first-order valence-corrected chi connectivity index (χ1v) is 6.09. The van der Waals surface area contributed by atoms with Crippen LogP contribution in [0.4, 0.5) is 0 Å². The van der Waals surface area contributed by atoms with Crippen LogP contribution in [0.2, 0.25) is 5.02 Å². The quantitative estimate of drug-likeness (QED) is 0.790. The van der Waals surface area contributed by atoms with Gasteiger partial charge in [-0.25, -0.2) is 0 Å². The Hall–Kier alpha value is -0.990. The summed E-state index contributed by atoms with van der Waals surface area (Å²) in [7, 11) is 0. The average Bonchev–Trinajstić information content (AvgIpc) is 2.86. The maximum atomic E-state index is 5.93. The molecule has 0 saturated carbocycles. The van der Waals surface area contributed by atoms with Crippen LogP contribution in [0, 0.1) is 0 Å². The molecule has 0 aliphatic carbocycles. The molecule has 1 saturated heterocycles. The van der Waals surface area contributed by atoms with E-state index in [2.05, 4.69) is 11.0 Å². The van der Waals surface area contributed by atoms with Crippen molar-refractivity contribution in [3.05, 3.63) is 35.0 Å². The second-order valence-corrected chi connectivity index (χ2v) is 4.81. The molecule has 2 heterocycles. The lowest BCUT2D eigenvalue weighted by Gasteiger charge is -2.11. The monoisotopic (exact) mass is 235 g/mol. The van der Waals surface area contributed by atoms with E-state index in [0.717, 1.165) is 28.3 Å². The highest BCUT2D eigenvalue weighted by Crippen LogP contribution is 2.24. The summed E-state index contributed by atoms with van der Waals surface area (Å²) in [6.07, 6.45) is 2.62. The predicted molar refractivity (Wildman–Crippen MR) is 65.7 cm³/mol. The molecule has 3 rings (SSSR count). The lowest BCUT2D eigenvalue weighted by Crippen LogP contribution is -2.17. The zero-order valence-electron chi connectivity index (χ0n) is 9.08. The van der Waals surface area contributed by atoms with E-state index in [1.807, 2.05) is 18.2 Å². The van der Waals surface area contributed by atoms with Gasteiger partial charge >= 0.3 is 0 Å². The standard InChI is InChI=1S/C13H14ClNO/c14-11-4-3-10-7-12(16-13(10)8-11)9-15-5-1-2-6-15/h3-4,7-8H,1-2,5-6,9H2. The van der Waals surface area contributed by atoms with Gasteiger partial charge in [-0.05, 0) is 44.1 Å². The maximum Gasteiger partial charge on any atom is 0.135 e. The number of furan rings is 1. The van der Waals surface area contributed by atoms with Crippen LogP contribution in [-0.2, 0) is 6.54 Å². The third-order valence-electron chi connectivity index (χ3n) is 3.11. The molecule has 0 unspecified atom stereocenters. The molecule has 1 fully saturated rings. The number of likely N-dealkylation sites (tertiary alicyclic amines) is 1. The molecule has 1 aliphatic heterocycles. The van der Waals surface area contributed by atoms with Crippen LogP contribution in [0.5, 0.6) is 0 Å². The van der Waals surface area contributed by atoms with Gasteiger partial charge in [0.1, 0.15) is 11.3 Å². The van der Waals surface area contributed by atoms with E-state index in [0.29, 0.717) is 0 Å². The number of rotatable bonds is 2. The summed E-state index contributed by atoms with van der Waals surface area (Å²) in [6, 6.07) is 7.90. The highest BCUT2D eigenvalue weighted by atomic mass is 35.5. The van der Waals surface area contributed by atoms with Crippen LogP contribution >= 0.6 is 11.6 Å². The van der Waals surface area contributed by atoms with Crippen molar-refractivity contribution in [3.8, 4) is 0 Å². The Morgan fingerprint density at radius 3 is 2.81 bits per heavy atom. The molecule has 0 radical (unpaired) electrons. The van der Waals surface area contributed by atoms with Crippen molar-refractivity contribution in [1.82, 2.24) is 4.90 Å². The SMILES string of the molecule is Clc1ccc2cc(CN3CCCC3)oc2c1. The van der Waals surface area contributed by atoms with Crippen molar-refractivity contribution in [1.29, 1.82) is 0 Å². The van der Waals surface area contributed by atoms with Gasteiger partial charge < -0.3 is 4.42 Å². The average molecular weight is 236 g/mol. The first-order valence-electron chi connectivity index (χ1n) is 5.71. The molecule has 84 valence electrons. The van der Waals surface area contributed by atoms with E-state index in [-0.39, 0.29) is 0 Å². The van der Waals surface area contributed by atoms with Gasteiger partial charge in [0.05, 0.1) is 6.54 Å². The summed E-state index contributed by atoms with van der Waals surface area (Å²) in [6.45, 7) is 3.31. The van der Waals surface area contributed by atoms with Crippen LogP contribution in [-0.4, -0.2) is 18.0 Å². The van der Waals surface area contributed by atoms with Crippen LogP contribution in [0.15, 0.2) is 28.7 Å². The number of hydrogen-bond acceptors (Lipinski definition) is 2. The van der Waals surface area contributed by atoms with E-state index in [1.165, 1.54) is 25.9 Å². The van der Waals surface area contributed by atoms with Crippen molar-refractivity contribution >= 4 is 22.6 Å². The smallest absolute Gasteiger partial charge is 0.135 e. The third-order valence-corrected chi connectivity index (χ3v) is 3.35. The van der Waals surface area contributed by atoms with Crippen LogP contribution in [0.1, 0.15) is 18.6 Å². The van der Waals surface area contributed by atoms with Gasteiger partial charge in [-0.3, -0.25) is 4.90 Å². The Labute approximate surface area is 99.8 Å². The first kappa shape index (κ1) is 10.2. The molecule has 1 aromatic carbocycles. The fourth-order valence-corrected chi connectivity index (χ4v) is 2.46. The van der Waals surface area contributed by atoms with E-state index in [1.54, 1.807) is 0 Å². The molecular formula is C13H14ClNO. The summed E-state index contributed by atoms with van der Waals surface area (Å²) < 4.78 is 5.78. The highest BCUT2D eigenvalue weighted by molar-refractivity contribution is 6.31. The molecule has 1 aromatic heterocycles. The zero-order chi connectivity index (χ0) is 11.0. The fraction of sp³-hybridized carbons (Fsp3) is 0.385. The molecule has 2 nitrogen and oxygen atoms in total. The van der Waals surface area contributed by atoms with Crippen molar-refractivity contribution in [3.63, 3.8) is 0 Å². The predicted octanol–water partition coefficient (Wildman–Crippen LogP) is 3.68.